The van der Waals surface area contributed by atoms with Crippen molar-refractivity contribution in [2.45, 2.75) is 291 Å². The van der Waals surface area contributed by atoms with Crippen LogP contribution in [-0.2, 0) is 71.2 Å². The summed E-state index contributed by atoms with van der Waals surface area (Å²) in [6, 6.07) is 0. The summed E-state index contributed by atoms with van der Waals surface area (Å²) in [5.41, 5.74) is -3.20. The van der Waals surface area contributed by atoms with Crippen molar-refractivity contribution in [3.63, 3.8) is 0 Å². The lowest BCUT2D eigenvalue weighted by molar-refractivity contribution is -0.392. The summed E-state index contributed by atoms with van der Waals surface area (Å²) in [6.45, 7) is 11.5. The Morgan fingerprint density at radius 3 is 1.67 bits per heavy atom. The number of carboxylic acids is 1. The van der Waals surface area contributed by atoms with Crippen molar-refractivity contribution in [3.05, 3.63) is 11.6 Å². The molecule has 548 valence electrons. The van der Waals surface area contributed by atoms with Crippen LogP contribution >= 0.6 is 0 Å². The zero-order chi connectivity index (χ0) is 70.0. The van der Waals surface area contributed by atoms with E-state index >= 15 is 4.79 Å². The highest BCUT2D eigenvalue weighted by molar-refractivity contribution is 5.79. The molecule has 10 fully saturated rings. The van der Waals surface area contributed by atoms with Gasteiger partial charge in [0.2, 0.25) is 6.29 Å². The van der Waals surface area contributed by atoms with Gasteiger partial charge in [0.15, 0.2) is 43.7 Å². The lowest BCUT2D eigenvalue weighted by Gasteiger charge is -2.71. The second-order valence-electron chi connectivity index (χ2n) is 30.7. The number of carboxylic acid groups (broad SMARTS) is 1. The third kappa shape index (κ3) is 12.6. The van der Waals surface area contributed by atoms with Crippen molar-refractivity contribution >= 4 is 18.2 Å². The standard InChI is InChI=1S/C64H100O32/c1-24-46(91-52-42(78)34(70)27(68)21-85-52)47(92-53-43(79)38(74)36(72)29(19-65)88-53)45(81)55(87-24)94-49-35(71)28(69)22-86-56(49)96-58(84)64-16-14-59(2,3)18-26(64)25-8-9-32-60(4)12-11-33(61(5,23-67)31(60)10-13-63(32,7)62(25,6)15-17-64)90-57-50(41(77)40(76)48(93-57)51(82)83)95-54-44(80)39(75)37(73)30(20-66)89-54/h8,23-24,26-50,52-57,65-66,68-81H,9-22H2,1-7H3,(H,82,83)/t24-,26-,27+,28-,29+,30+,31+,32+,33-,34-,35-,36+,37-,38-,39-,40-,41-,42+,43+,44+,45+,46-,47-,48-,49+,50+,52-,53-,54-,55-,56-,57+,60-,61-,62+,63+,64-/m0/s1. The van der Waals surface area contributed by atoms with Crippen LogP contribution in [0.5, 0.6) is 0 Å². The van der Waals surface area contributed by atoms with Gasteiger partial charge in [-0.05, 0) is 111 Å². The topological polar surface area (TPSA) is 506 Å². The van der Waals surface area contributed by atoms with Crippen LogP contribution in [0.1, 0.15) is 113 Å². The summed E-state index contributed by atoms with van der Waals surface area (Å²) in [6.07, 6.45) is -43.4. The maximum Gasteiger partial charge on any atom is 0.335 e. The van der Waals surface area contributed by atoms with Crippen LogP contribution < -0.4 is 0 Å². The van der Waals surface area contributed by atoms with Crippen LogP contribution in [-0.4, -0.2) is 310 Å². The summed E-state index contributed by atoms with van der Waals surface area (Å²) >= 11 is 0. The van der Waals surface area contributed by atoms with Crippen LogP contribution in [0.25, 0.3) is 0 Å². The predicted molar refractivity (Wildman–Crippen MR) is 316 cm³/mol. The number of carbonyl (C=O) groups is 3. The normalized spacial score (nSPS) is 54.3. The number of aliphatic hydroxyl groups excluding tert-OH is 16. The van der Waals surface area contributed by atoms with Gasteiger partial charge in [0, 0.05) is 0 Å². The van der Waals surface area contributed by atoms with Crippen LogP contribution in [0.3, 0.4) is 0 Å². The molecule has 5 aliphatic carbocycles. The molecule has 4 saturated carbocycles. The van der Waals surface area contributed by atoms with E-state index < -0.39 is 249 Å². The second-order valence-corrected chi connectivity index (χ2v) is 30.7. The summed E-state index contributed by atoms with van der Waals surface area (Å²) in [4.78, 5) is 42.0. The zero-order valence-electron chi connectivity index (χ0n) is 54.8. The summed E-state index contributed by atoms with van der Waals surface area (Å²) in [5.74, 6) is -3.13. The molecular formula is C64H100O32. The monoisotopic (exact) mass is 1380 g/mol. The van der Waals surface area contributed by atoms with E-state index in [0.29, 0.717) is 57.8 Å². The van der Waals surface area contributed by atoms with Gasteiger partial charge in [-0.1, -0.05) is 53.2 Å². The van der Waals surface area contributed by atoms with Crippen molar-refractivity contribution < 1.29 is 158 Å². The molecule has 96 heavy (non-hydrogen) atoms. The number of aliphatic hydroxyl groups is 16. The maximum absolute atomic E-state index is 15.6. The summed E-state index contributed by atoms with van der Waals surface area (Å²) in [7, 11) is 0. The van der Waals surface area contributed by atoms with Crippen LogP contribution in [0.2, 0.25) is 0 Å². The Kier molecular flexibility index (Phi) is 21.6. The molecule has 32 nitrogen and oxygen atoms in total. The number of allylic oxidation sites excluding steroid dienone is 2. The lowest BCUT2D eigenvalue weighted by Crippen LogP contribution is -2.68. The number of carbonyl (C=O) groups excluding carboxylic acids is 2. The fourth-order valence-electron chi connectivity index (χ4n) is 18.7. The molecule has 0 aromatic heterocycles. The highest BCUT2D eigenvalue weighted by atomic mass is 16.8. The molecule has 6 saturated heterocycles. The van der Waals surface area contributed by atoms with E-state index in [1.807, 2.05) is 0 Å². The molecule has 37 atom stereocenters. The Labute approximate surface area is 553 Å². The molecule has 0 spiro atoms. The van der Waals surface area contributed by atoms with E-state index in [4.69, 9.17) is 56.8 Å². The third-order valence-electron chi connectivity index (χ3n) is 24.8. The van der Waals surface area contributed by atoms with Crippen molar-refractivity contribution in [1.29, 1.82) is 0 Å². The van der Waals surface area contributed by atoms with Gasteiger partial charge in [-0.3, -0.25) is 4.79 Å². The second kappa shape index (κ2) is 27.8. The van der Waals surface area contributed by atoms with Crippen LogP contribution in [0, 0.1) is 50.2 Å². The van der Waals surface area contributed by atoms with Gasteiger partial charge >= 0.3 is 11.9 Å². The average Bonchev–Trinajstić information content (AvgIpc) is 0.676. The quantitative estimate of drug-likeness (QED) is 0.0298. The number of hydrogen-bond acceptors (Lipinski definition) is 31. The van der Waals surface area contributed by atoms with Gasteiger partial charge < -0.3 is 148 Å². The number of fused-ring (bicyclic) bond motifs is 7. The average molecular weight is 1380 g/mol. The molecule has 6 heterocycles. The Morgan fingerprint density at radius 1 is 0.531 bits per heavy atom. The Hall–Kier alpha value is -2.73. The van der Waals surface area contributed by atoms with E-state index in [1.165, 1.54) is 6.92 Å². The highest BCUT2D eigenvalue weighted by Crippen LogP contribution is 2.76. The fourth-order valence-corrected chi connectivity index (χ4v) is 18.7. The minimum atomic E-state index is -2.10. The number of rotatable bonds is 16. The van der Waals surface area contributed by atoms with Gasteiger partial charge in [-0.15, -0.1) is 0 Å². The first kappa shape index (κ1) is 74.5. The first-order valence-electron chi connectivity index (χ1n) is 33.5. The fraction of sp³-hybridized carbons (Fsp3) is 0.922. The molecule has 0 radical (unpaired) electrons. The summed E-state index contributed by atoms with van der Waals surface area (Å²) in [5, 5.41) is 183. The molecule has 11 rings (SSSR count). The molecule has 0 bridgehead atoms. The summed E-state index contributed by atoms with van der Waals surface area (Å²) < 4.78 is 72.0. The van der Waals surface area contributed by atoms with Gasteiger partial charge in [0.25, 0.3) is 0 Å². The molecule has 0 amide bonds. The van der Waals surface area contributed by atoms with Gasteiger partial charge in [0.1, 0.15) is 122 Å². The zero-order valence-corrected chi connectivity index (χ0v) is 54.8. The third-order valence-corrected chi connectivity index (χ3v) is 24.8. The molecule has 0 unspecified atom stereocenters. The molecule has 17 N–H and O–H groups in total. The van der Waals surface area contributed by atoms with Crippen molar-refractivity contribution in [3.8, 4) is 0 Å². The minimum Gasteiger partial charge on any atom is -0.479 e. The van der Waals surface area contributed by atoms with E-state index in [-0.39, 0.29) is 23.7 Å². The molecule has 11 aliphatic rings. The Bertz CT molecular complexity index is 2780. The number of aliphatic carboxylic acids is 1. The van der Waals surface area contributed by atoms with Gasteiger partial charge in [-0.2, -0.15) is 0 Å². The van der Waals surface area contributed by atoms with Crippen molar-refractivity contribution in [2.24, 2.45) is 50.2 Å². The molecule has 32 heteroatoms. The first-order chi connectivity index (χ1) is 45.1. The number of hydrogen-bond donors (Lipinski definition) is 17. The smallest absolute Gasteiger partial charge is 0.335 e. The predicted octanol–water partition coefficient (Wildman–Crippen LogP) is -4.81. The lowest BCUT2D eigenvalue weighted by atomic mass is 9.33. The maximum atomic E-state index is 15.6. The van der Waals surface area contributed by atoms with E-state index in [2.05, 4.69) is 40.7 Å². The minimum absolute atomic E-state index is 0.0602. The SMILES string of the molecule is C[C@@H]1O[C@@H](O[C@H]2[C@H](OC(=O)[C@]34CCC(C)(C)C[C@H]3C3=CC[C@@H]5[C@@]6(C)CC[C@H](O[C@@H]7O[C@H](C(=O)O)[C@@H](O)[C@H](O)[C@H]7O[C@@H]7O[C@H](CO)[C@H](O)[C@H](O)[C@H]7O)[C@@](C)(C=O)[C@@H]6CC[C@@]5(C)[C@]3(C)CC4)OC[C@H](O)[C@@H]2O)[C@H](O)[C@H](O[C@@H]2O[C@H](CO)[C@@H](O)[C@H](O)[C@H]2O)[C@H]1O[C@@H]1OC[C@@H](O)[C@H](O)[C@H]1O. The Balaban J connectivity index is 0.835. The van der Waals surface area contributed by atoms with Crippen molar-refractivity contribution in [2.75, 3.05) is 26.4 Å². The Morgan fingerprint density at radius 2 is 1.07 bits per heavy atom. The van der Waals surface area contributed by atoms with E-state index in [9.17, 15) is 96.4 Å². The first-order valence-corrected chi connectivity index (χ1v) is 33.5. The van der Waals surface area contributed by atoms with Gasteiger partial charge in [-0.25, -0.2) is 4.79 Å². The van der Waals surface area contributed by atoms with Crippen molar-refractivity contribution in [1.82, 2.24) is 0 Å². The number of aldehydes is 1. The molecule has 6 aliphatic heterocycles. The van der Waals surface area contributed by atoms with Gasteiger partial charge in [0.05, 0.1) is 49.5 Å². The highest BCUT2D eigenvalue weighted by Gasteiger charge is 2.71. The van der Waals surface area contributed by atoms with E-state index in [0.717, 1.165) is 11.9 Å². The number of ether oxygens (including phenoxy) is 12. The molecule has 0 aromatic rings. The van der Waals surface area contributed by atoms with Crippen LogP contribution in [0.4, 0.5) is 0 Å². The van der Waals surface area contributed by atoms with Crippen LogP contribution in [0.15, 0.2) is 11.6 Å². The molecule has 0 aromatic carbocycles. The number of esters is 1. The molecular weight excluding hydrogens is 1280 g/mol. The largest absolute Gasteiger partial charge is 0.479 e. The van der Waals surface area contributed by atoms with E-state index in [1.54, 1.807) is 6.92 Å².